The van der Waals surface area contributed by atoms with Gasteiger partial charge in [-0.3, -0.25) is 14.5 Å². The number of benzene rings is 2. The van der Waals surface area contributed by atoms with Crippen LogP contribution in [0.15, 0.2) is 48.8 Å². The van der Waals surface area contributed by atoms with Crippen LogP contribution in [-0.4, -0.2) is 72.8 Å². The quantitative estimate of drug-likeness (QED) is 0.231. The number of nitrogens with zero attached hydrogens (tertiary/aromatic N) is 3. The van der Waals surface area contributed by atoms with Gasteiger partial charge in [0, 0.05) is 56.4 Å². The Morgan fingerprint density at radius 1 is 1.27 bits per heavy atom. The molecule has 41 heavy (non-hydrogen) atoms. The predicted octanol–water partition coefficient (Wildman–Crippen LogP) is 4.71. The van der Waals surface area contributed by atoms with E-state index in [1.807, 2.05) is 4.90 Å². The number of hydrogen-bond donors (Lipinski definition) is 2. The van der Waals surface area contributed by atoms with Gasteiger partial charge in [0.2, 0.25) is 5.91 Å². The van der Waals surface area contributed by atoms with Crippen LogP contribution in [0.1, 0.15) is 19.3 Å². The molecule has 1 aliphatic carbocycles. The molecule has 3 aromatic rings. The molecule has 216 valence electrons. The number of carbonyl (C=O) groups is 2. The Kier molecular flexibility index (Phi) is 9.28. The predicted molar refractivity (Wildman–Crippen MR) is 153 cm³/mol. The lowest BCUT2D eigenvalue weighted by molar-refractivity contribution is -0.159. The van der Waals surface area contributed by atoms with Crippen molar-refractivity contribution in [1.82, 2.24) is 14.9 Å². The van der Waals surface area contributed by atoms with Gasteiger partial charge in [0.25, 0.3) is 0 Å². The fourth-order valence-electron chi connectivity index (χ4n) is 4.42. The standard InChI is InChI=1S/C29H31ClFN5O5/c1-39-10-8-20-14-36(15-28(38)41-20)9-2-3-27(37)35-25-12-21-24(13-26(25)40-16-18-4-5-18)32-17-33-29(21)34-19-6-7-23(31)22(30)11-19/h2-3,6-7,11-13,17-18,20H,4-5,8-10,14-16H2,1H3,(H,35,37)(H,32,33,34)/b3-2+. The summed E-state index contributed by atoms with van der Waals surface area (Å²) in [5, 5.41) is 6.66. The highest BCUT2D eigenvalue weighted by Gasteiger charge is 2.26. The Labute approximate surface area is 241 Å². The van der Waals surface area contributed by atoms with Gasteiger partial charge >= 0.3 is 5.97 Å². The van der Waals surface area contributed by atoms with Gasteiger partial charge in [-0.15, -0.1) is 0 Å². The van der Waals surface area contributed by atoms with E-state index >= 15 is 0 Å². The van der Waals surface area contributed by atoms with E-state index in [1.165, 1.54) is 24.5 Å². The summed E-state index contributed by atoms with van der Waals surface area (Å²) in [6.07, 6.45) is 7.16. The zero-order valence-electron chi connectivity index (χ0n) is 22.6. The molecule has 2 N–H and O–H groups in total. The van der Waals surface area contributed by atoms with Crippen molar-refractivity contribution < 1.29 is 28.2 Å². The fraction of sp³-hybridized carbons (Fsp3) is 0.379. The molecule has 1 unspecified atom stereocenters. The van der Waals surface area contributed by atoms with Crippen LogP contribution >= 0.6 is 11.6 Å². The molecule has 2 fully saturated rings. The SMILES string of the molecule is COCCC1CN(C/C=C/C(=O)Nc2cc3c(Nc4ccc(F)c(Cl)c4)ncnc3cc2OCC2CC2)CC(=O)O1. The number of fused-ring (bicyclic) bond motifs is 1. The maximum Gasteiger partial charge on any atom is 0.320 e. The van der Waals surface area contributed by atoms with Crippen molar-refractivity contribution in [3.05, 3.63) is 59.7 Å². The Morgan fingerprint density at radius 2 is 2.12 bits per heavy atom. The summed E-state index contributed by atoms with van der Waals surface area (Å²) in [5.41, 5.74) is 1.61. The van der Waals surface area contributed by atoms with Crippen molar-refractivity contribution in [3.8, 4) is 5.75 Å². The van der Waals surface area contributed by atoms with Crippen molar-refractivity contribution in [3.63, 3.8) is 0 Å². The number of halogens is 2. The molecule has 12 heteroatoms. The minimum atomic E-state index is -0.522. The number of amides is 1. The smallest absolute Gasteiger partial charge is 0.320 e. The molecule has 1 aliphatic heterocycles. The highest BCUT2D eigenvalue weighted by Crippen LogP contribution is 2.36. The van der Waals surface area contributed by atoms with Gasteiger partial charge in [-0.05, 0) is 43.0 Å². The van der Waals surface area contributed by atoms with Crippen LogP contribution in [0.5, 0.6) is 5.75 Å². The summed E-state index contributed by atoms with van der Waals surface area (Å²) >= 11 is 5.94. The third-order valence-electron chi connectivity index (χ3n) is 6.74. The monoisotopic (exact) mass is 583 g/mol. The van der Waals surface area contributed by atoms with Gasteiger partial charge in [0.1, 0.15) is 29.8 Å². The van der Waals surface area contributed by atoms with Gasteiger partial charge in [0.05, 0.1) is 29.4 Å². The zero-order valence-corrected chi connectivity index (χ0v) is 23.3. The first-order valence-electron chi connectivity index (χ1n) is 13.4. The second-order valence-corrected chi connectivity index (χ2v) is 10.5. The van der Waals surface area contributed by atoms with Crippen molar-refractivity contribution >= 4 is 51.6 Å². The molecule has 2 aromatic carbocycles. The summed E-state index contributed by atoms with van der Waals surface area (Å²) < 4.78 is 30.1. The number of carbonyl (C=O) groups excluding carboxylic acids is 2. The molecule has 10 nitrogen and oxygen atoms in total. The van der Waals surface area contributed by atoms with Crippen LogP contribution in [0.2, 0.25) is 5.02 Å². The molecule has 1 saturated carbocycles. The van der Waals surface area contributed by atoms with E-state index in [9.17, 15) is 14.0 Å². The van der Waals surface area contributed by atoms with E-state index in [2.05, 4.69) is 20.6 Å². The van der Waals surface area contributed by atoms with E-state index < -0.39 is 5.82 Å². The van der Waals surface area contributed by atoms with E-state index in [4.69, 9.17) is 25.8 Å². The molecule has 0 radical (unpaired) electrons. The number of hydrogen-bond acceptors (Lipinski definition) is 9. The lowest BCUT2D eigenvalue weighted by Crippen LogP contribution is -2.45. The Hall–Kier alpha value is -3.80. The molecular weight excluding hydrogens is 553 g/mol. The second-order valence-electron chi connectivity index (χ2n) is 10.1. The van der Waals surface area contributed by atoms with Crippen LogP contribution < -0.4 is 15.4 Å². The number of nitrogens with one attached hydrogen (secondary N) is 2. The molecular formula is C29H31ClFN5O5. The van der Waals surface area contributed by atoms with Gasteiger partial charge < -0.3 is 24.8 Å². The number of esters is 1. The topological polar surface area (TPSA) is 115 Å². The number of aromatic nitrogens is 2. The average molecular weight is 584 g/mol. The van der Waals surface area contributed by atoms with Crippen LogP contribution in [-0.2, 0) is 19.1 Å². The minimum Gasteiger partial charge on any atom is -0.491 e. The van der Waals surface area contributed by atoms with E-state index in [0.717, 1.165) is 12.8 Å². The second kappa shape index (κ2) is 13.2. The molecule has 1 atom stereocenters. The summed E-state index contributed by atoms with van der Waals surface area (Å²) in [4.78, 5) is 35.5. The molecule has 1 aromatic heterocycles. The summed E-state index contributed by atoms with van der Waals surface area (Å²) in [6, 6.07) is 7.80. The molecule has 5 rings (SSSR count). The van der Waals surface area contributed by atoms with Gasteiger partial charge in [-0.2, -0.15) is 0 Å². The van der Waals surface area contributed by atoms with E-state index in [1.54, 1.807) is 31.4 Å². The molecule has 1 saturated heterocycles. The Balaban J connectivity index is 1.32. The maximum atomic E-state index is 13.6. The minimum absolute atomic E-state index is 0.0178. The van der Waals surface area contributed by atoms with Gasteiger partial charge in [-0.1, -0.05) is 17.7 Å². The lowest BCUT2D eigenvalue weighted by atomic mass is 10.1. The summed E-state index contributed by atoms with van der Waals surface area (Å²) in [6.45, 7) is 2.19. The fourth-order valence-corrected chi connectivity index (χ4v) is 4.60. The third kappa shape index (κ3) is 7.90. The van der Waals surface area contributed by atoms with Crippen LogP contribution in [0.3, 0.4) is 0 Å². The molecule has 2 heterocycles. The van der Waals surface area contributed by atoms with E-state index in [0.29, 0.717) is 72.5 Å². The number of ether oxygens (including phenoxy) is 3. The van der Waals surface area contributed by atoms with Crippen LogP contribution in [0.25, 0.3) is 10.9 Å². The highest BCUT2D eigenvalue weighted by molar-refractivity contribution is 6.31. The molecule has 2 aliphatic rings. The largest absolute Gasteiger partial charge is 0.491 e. The number of methoxy groups -OCH3 is 1. The van der Waals surface area contributed by atoms with Crippen molar-refractivity contribution in [2.75, 3.05) is 50.6 Å². The Morgan fingerprint density at radius 3 is 2.90 bits per heavy atom. The average Bonchev–Trinajstić information content (AvgIpc) is 3.77. The first kappa shape index (κ1) is 28.7. The summed E-state index contributed by atoms with van der Waals surface area (Å²) in [7, 11) is 1.60. The van der Waals surface area contributed by atoms with Crippen LogP contribution in [0.4, 0.5) is 21.6 Å². The molecule has 0 spiro atoms. The molecule has 0 bridgehead atoms. The number of cyclic esters (lactones) is 1. The normalized spacial score (nSPS) is 17.5. The van der Waals surface area contributed by atoms with Gasteiger partial charge in [-0.25, -0.2) is 14.4 Å². The van der Waals surface area contributed by atoms with Crippen molar-refractivity contribution in [2.24, 2.45) is 5.92 Å². The Bertz CT molecular complexity index is 1450. The number of morpholine rings is 1. The first-order chi connectivity index (χ1) is 19.9. The third-order valence-corrected chi connectivity index (χ3v) is 7.03. The maximum absolute atomic E-state index is 13.6. The summed E-state index contributed by atoms with van der Waals surface area (Å²) in [5.74, 6) is 0.291. The zero-order chi connectivity index (χ0) is 28.8. The van der Waals surface area contributed by atoms with E-state index in [-0.39, 0.29) is 29.5 Å². The number of anilines is 3. The number of rotatable bonds is 12. The van der Waals surface area contributed by atoms with Gasteiger partial charge in [0.15, 0.2) is 0 Å². The van der Waals surface area contributed by atoms with Crippen molar-refractivity contribution in [1.29, 1.82) is 0 Å². The van der Waals surface area contributed by atoms with Crippen molar-refractivity contribution in [2.45, 2.75) is 25.4 Å². The van der Waals surface area contributed by atoms with Crippen LogP contribution in [0, 0.1) is 11.7 Å². The molecule has 1 amide bonds. The highest BCUT2D eigenvalue weighted by atomic mass is 35.5. The lowest BCUT2D eigenvalue weighted by Gasteiger charge is -2.31. The first-order valence-corrected chi connectivity index (χ1v) is 13.8.